The van der Waals surface area contributed by atoms with Gasteiger partial charge in [0.1, 0.15) is 6.33 Å². The van der Waals surface area contributed by atoms with Crippen molar-refractivity contribution in [1.29, 1.82) is 0 Å². The molecule has 0 amide bonds. The molecule has 1 aromatic heterocycles. The van der Waals surface area contributed by atoms with Gasteiger partial charge in [0.05, 0.1) is 5.69 Å². The van der Waals surface area contributed by atoms with Gasteiger partial charge in [-0.05, 0) is 35.7 Å². The lowest BCUT2D eigenvalue weighted by atomic mass is 9.97. The summed E-state index contributed by atoms with van der Waals surface area (Å²) in [5.41, 5.74) is 5.82. The topological polar surface area (TPSA) is 25.8 Å². The van der Waals surface area contributed by atoms with E-state index in [1.54, 1.807) is 12.5 Å². The van der Waals surface area contributed by atoms with E-state index < -0.39 is 0 Å². The third kappa shape index (κ3) is 2.38. The normalized spacial score (nSPS) is 10.4. The van der Waals surface area contributed by atoms with Crippen LogP contribution in [0.1, 0.15) is 5.56 Å². The van der Waals surface area contributed by atoms with E-state index in [9.17, 15) is 0 Å². The first-order valence-corrected chi connectivity index (χ1v) is 6.27. The summed E-state index contributed by atoms with van der Waals surface area (Å²) in [4.78, 5) is 8.26. The van der Waals surface area contributed by atoms with Crippen LogP contribution < -0.4 is 0 Å². The quantitative estimate of drug-likeness (QED) is 0.679. The van der Waals surface area contributed by atoms with Crippen LogP contribution in [-0.2, 0) is 0 Å². The highest BCUT2D eigenvalue weighted by molar-refractivity contribution is 5.73. The third-order valence-corrected chi connectivity index (χ3v) is 3.20. The second-order valence-corrected chi connectivity index (χ2v) is 4.49. The summed E-state index contributed by atoms with van der Waals surface area (Å²) in [6.07, 6.45) is 3.35. The van der Waals surface area contributed by atoms with Crippen molar-refractivity contribution in [2.75, 3.05) is 0 Å². The summed E-state index contributed by atoms with van der Waals surface area (Å²) in [5.74, 6) is 0. The van der Waals surface area contributed by atoms with Gasteiger partial charge in [0.2, 0.25) is 0 Å². The molecule has 0 atom stereocenters. The zero-order valence-corrected chi connectivity index (χ0v) is 10.7. The number of hydrogen-bond donors (Lipinski definition) is 0. The fraction of sp³-hybridized carbons (Fsp3) is 0.0588. The highest BCUT2D eigenvalue weighted by atomic mass is 14.8. The summed E-state index contributed by atoms with van der Waals surface area (Å²) in [6, 6.07) is 18.8. The van der Waals surface area contributed by atoms with Crippen molar-refractivity contribution in [3.05, 3.63) is 72.7 Å². The standard InChI is InChI=1S/C17H14N2/c1-13-7-8-15(17-9-10-18-12-19-17)11-16(13)14-5-3-2-4-6-14/h2-12H,1H3. The summed E-state index contributed by atoms with van der Waals surface area (Å²) >= 11 is 0. The summed E-state index contributed by atoms with van der Waals surface area (Å²) in [6.45, 7) is 2.13. The first-order valence-electron chi connectivity index (χ1n) is 6.27. The third-order valence-electron chi connectivity index (χ3n) is 3.20. The van der Waals surface area contributed by atoms with Gasteiger partial charge in [0, 0.05) is 11.8 Å². The van der Waals surface area contributed by atoms with E-state index in [-0.39, 0.29) is 0 Å². The smallest absolute Gasteiger partial charge is 0.116 e. The molecule has 0 bridgehead atoms. The number of nitrogens with zero attached hydrogens (tertiary/aromatic N) is 2. The van der Waals surface area contributed by atoms with Crippen LogP contribution in [-0.4, -0.2) is 9.97 Å². The molecule has 2 heteroatoms. The van der Waals surface area contributed by atoms with Gasteiger partial charge in [0.25, 0.3) is 0 Å². The molecule has 0 N–H and O–H groups in total. The zero-order valence-electron chi connectivity index (χ0n) is 10.7. The predicted octanol–water partition coefficient (Wildman–Crippen LogP) is 4.12. The second-order valence-electron chi connectivity index (χ2n) is 4.49. The lowest BCUT2D eigenvalue weighted by molar-refractivity contribution is 1.17. The molecular weight excluding hydrogens is 232 g/mol. The highest BCUT2D eigenvalue weighted by Gasteiger charge is 2.05. The van der Waals surface area contributed by atoms with Crippen molar-refractivity contribution in [2.24, 2.45) is 0 Å². The first kappa shape index (κ1) is 11.6. The van der Waals surface area contributed by atoms with Crippen LogP contribution in [0.2, 0.25) is 0 Å². The zero-order chi connectivity index (χ0) is 13.1. The van der Waals surface area contributed by atoms with Crippen LogP contribution in [0.15, 0.2) is 67.1 Å². The molecule has 0 fully saturated rings. The minimum Gasteiger partial charge on any atom is -0.245 e. The Morgan fingerprint density at radius 3 is 2.42 bits per heavy atom. The molecule has 2 nitrogen and oxygen atoms in total. The van der Waals surface area contributed by atoms with Gasteiger partial charge >= 0.3 is 0 Å². The van der Waals surface area contributed by atoms with E-state index in [0.717, 1.165) is 11.3 Å². The maximum absolute atomic E-state index is 4.30. The van der Waals surface area contributed by atoms with E-state index in [4.69, 9.17) is 0 Å². The fourth-order valence-corrected chi connectivity index (χ4v) is 2.17. The minimum atomic E-state index is 0.951. The molecule has 0 radical (unpaired) electrons. The lowest BCUT2D eigenvalue weighted by Gasteiger charge is -2.09. The Hall–Kier alpha value is -2.48. The molecule has 0 aliphatic heterocycles. The number of rotatable bonds is 2. The largest absolute Gasteiger partial charge is 0.245 e. The molecule has 0 saturated carbocycles. The van der Waals surface area contributed by atoms with Crippen LogP contribution in [0.3, 0.4) is 0 Å². The average molecular weight is 246 g/mol. The Morgan fingerprint density at radius 1 is 0.842 bits per heavy atom. The number of aryl methyl sites for hydroxylation is 1. The van der Waals surface area contributed by atoms with Gasteiger partial charge in [0.15, 0.2) is 0 Å². The van der Waals surface area contributed by atoms with Crippen LogP contribution >= 0.6 is 0 Å². The molecule has 19 heavy (non-hydrogen) atoms. The molecule has 3 aromatic rings. The molecule has 0 spiro atoms. The summed E-state index contributed by atoms with van der Waals surface area (Å²) in [5, 5.41) is 0. The van der Waals surface area contributed by atoms with E-state index in [2.05, 4.69) is 59.4 Å². The minimum absolute atomic E-state index is 0.951. The van der Waals surface area contributed by atoms with Crippen molar-refractivity contribution in [3.8, 4) is 22.4 Å². The van der Waals surface area contributed by atoms with Crippen LogP contribution in [0.25, 0.3) is 22.4 Å². The molecule has 0 unspecified atom stereocenters. The molecular formula is C17H14N2. The highest BCUT2D eigenvalue weighted by Crippen LogP contribution is 2.28. The first-order chi connectivity index (χ1) is 9.34. The Labute approximate surface area is 112 Å². The van der Waals surface area contributed by atoms with Gasteiger partial charge in [-0.1, -0.05) is 42.5 Å². The maximum atomic E-state index is 4.30. The SMILES string of the molecule is Cc1ccc(-c2ccncn2)cc1-c1ccccc1. The Kier molecular flexibility index (Phi) is 3.07. The average Bonchev–Trinajstić information content (AvgIpc) is 2.49. The number of hydrogen-bond acceptors (Lipinski definition) is 2. The van der Waals surface area contributed by atoms with E-state index in [0.29, 0.717) is 0 Å². The number of aromatic nitrogens is 2. The van der Waals surface area contributed by atoms with Crippen molar-refractivity contribution in [1.82, 2.24) is 9.97 Å². The van der Waals surface area contributed by atoms with Gasteiger partial charge in [-0.2, -0.15) is 0 Å². The summed E-state index contributed by atoms with van der Waals surface area (Å²) < 4.78 is 0. The van der Waals surface area contributed by atoms with Crippen molar-refractivity contribution >= 4 is 0 Å². The second kappa shape index (κ2) is 5.02. The Bertz CT molecular complexity index is 676. The molecule has 0 aliphatic rings. The molecule has 2 aromatic carbocycles. The van der Waals surface area contributed by atoms with Crippen molar-refractivity contribution < 1.29 is 0 Å². The van der Waals surface area contributed by atoms with E-state index >= 15 is 0 Å². The Morgan fingerprint density at radius 2 is 1.68 bits per heavy atom. The van der Waals surface area contributed by atoms with Crippen molar-refractivity contribution in [2.45, 2.75) is 6.92 Å². The molecule has 1 heterocycles. The van der Waals surface area contributed by atoms with E-state index in [1.807, 2.05) is 12.1 Å². The fourth-order valence-electron chi connectivity index (χ4n) is 2.17. The monoisotopic (exact) mass is 246 g/mol. The van der Waals surface area contributed by atoms with Gasteiger partial charge < -0.3 is 0 Å². The van der Waals surface area contributed by atoms with Gasteiger partial charge in [-0.25, -0.2) is 9.97 Å². The molecule has 92 valence electrons. The number of benzene rings is 2. The van der Waals surface area contributed by atoms with Crippen LogP contribution in [0.4, 0.5) is 0 Å². The summed E-state index contributed by atoms with van der Waals surface area (Å²) in [7, 11) is 0. The molecule has 0 aliphatic carbocycles. The molecule has 3 rings (SSSR count). The maximum Gasteiger partial charge on any atom is 0.116 e. The van der Waals surface area contributed by atoms with Gasteiger partial charge in [-0.3, -0.25) is 0 Å². The van der Waals surface area contributed by atoms with Crippen LogP contribution in [0, 0.1) is 6.92 Å². The predicted molar refractivity (Wildman–Crippen MR) is 77.6 cm³/mol. The molecule has 0 saturated heterocycles. The Balaban J connectivity index is 2.12. The van der Waals surface area contributed by atoms with E-state index in [1.165, 1.54) is 16.7 Å². The lowest BCUT2D eigenvalue weighted by Crippen LogP contribution is -1.88. The van der Waals surface area contributed by atoms with Crippen LogP contribution in [0.5, 0.6) is 0 Å². The van der Waals surface area contributed by atoms with Crippen molar-refractivity contribution in [3.63, 3.8) is 0 Å². The van der Waals surface area contributed by atoms with Gasteiger partial charge in [-0.15, -0.1) is 0 Å².